The predicted molar refractivity (Wildman–Crippen MR) is 94.1 cm³/mol. The summed E-state index contributed by atoms with van der Waals surface area (Å²) in [5.41, 5.74) is 5.58. The summed E-state index contributed by atoms with van der Waals surface area (Å²) in [7, 11) is 0. The lowest BCUT2D eigenvalue weighted by atomic mass is 9.72. The normalized spacial score (nSPS) is 13.0. The number of benzene rings is 2. The van der Waals surface area contributed by atoms with E-state index in [1.54, 1.807) is 0 Å². The van der Waals surface area contributed by atoms with E-state index in [1.165, 1.54) is 5.56 Å². The van der Waals surface area contributed by atoms with Crippen molar-refractivity contribution in [3.63, 3.8) is 0 Å². The molecule has 22 heavy (non-hydrogen) atoms. The fraction of sp³-hybridized carbons (Fsp3) is 0.400. The van der Waals surface area contributed by atoms with E-state index in [0.29, 0.717) is 0 Å². The Hall–Kier alpha value is -1.96. The van der Waals surface area contributed by atoms with Crippen molar-refractivity contribution in [2.45, 2.75) is 46.5 Å². The lowest BCUT2D eigenvalue weighted by Crippen LogP contribution is -2.25. The summed E-state index contributed by atoms with van der Waals surface area (Å²) in [4.78, 5) is 9.70. The first-order chi connectivity index (χ1) is 10.3. The zero-order valence-electron chi connectivity index (χ0n) is 14.1. The third kappa shape index (κ3) is 2.83. The van der Waals surface area contributed by atoms with Crippen LogP contribution in [0.4, 0.5) is 0 Å². The van der Waals surface area contributed by atoms with E-state index < -0.39 is 0 Å². The van der Waals surface area contributed by atoms with E-state index in [2.05, 4.69) is 52.8 Å². The highest BCUT2D eigenvalue weighted by molar-refractivity contribution is 5.88. The van der Waals surface area contributed by atoms with Gasteiger partial charge in [0.2, 0.25) is 0 Å². The predicted octanol–water partition coefficient (Wildman–Crippen LogP) is 5.50. The van der Waals surface area contributed by atoms with Gasteiger partial charge in [0.15, 0.2) is 0 Å². The standard InChI is InChI=1S/C20H24N2/c1-19(2,3)13-20(4,5)14-9-8-12-17-18(14)22-16-11-7-6-10-15(16)21-17/h6-12H,13H2,1-5H3. The van der Waals surface area contributed by atoms with Crippen LogP contribution in [-0.4, -0.2) is 9.97 Å². The number of para-hydroxylation sites is 3. The maximum absolute atomic E-state index is 4.91. The molecule has 0 bridgehead atoms. The quantitative estimate of drug-likeness (QED) is 0.583. The minimum atomic E-state index is 0.0644. The second kappa shape index (κ2) is 5.05. The molecule has 0 N–H and O–H groups in total. The molecule has 0 unspecified atom stereocenters. The van der Waals surface area contributed by atoms with Gasteiger partial charge in [0, 0.05) is 0 Å². The van der Waals surface area contributed by atoms with Gasteiger partial charge in [-0.3, -0.25) is 0 Å². The Morgan fingerprint density at radius 3 is 1.95 bits per heavy atom. The molecule has 114 valence electrons. The summed E-state index contributed by atoms with van der Waals surface area (Å²) in [5.74, 6) is 0. The van der Waals surface area contributed by atoms with Crippen LogP contribution in [0.2, 0.25) is 0 Å². The Balaban J connectivity index is 2.23. The van der Waals surface area contributed by atoms with Gasteiger partial charge >= 0.3 is 0 Å². The highest BCUT2D eigenvalue weighted by Gasteiger charge is 2.29. The van der Waals surface area contributed by atoms with Crippen molar-refractivity contribution in [3.8, 4) is 0 Å². The molecule has 3 aromatic rings. The fourth-order valence-electron chi connectivity index (χ4n) is 3.61. The monoisotopic (exact) mass is 292 g/mol. The van der Waals surface area contributed by atoms with Crippen molar-refractivity contribution >= 4 is 22.1 Å². The fourth-order valence-corrected chi connectivity index (χ4v) is 3.61. The number of hydrogen-bond donors (Lipinski definition) is 0. The van der Waals surface area contributed by atoms with Crippen LogP contribution in [0.1, 0.15) is 46.6 Å². The molecule has 0 amide bonds. The molecule has 2 aromatic carbocycles. The summed E-state index contributed by atoms with van der Waals surface area (Å²) in [6, 6.07) is 14.5. The summed E-state index contributed by atoms with van der Waals surface area (Å²) >= 11 is 0. The van der Waals surface area contributed by atoms with Crippen molar-refractivity contribution in [3.05, 3.63) is 48.0 Å². The largest absolute Gasteiger partial charge is 0.244 e. The molecule has 0 aliphatic rings. The Morgan fingerprint density at radius 2 is 1.32 bits per heavy atom. The van der Waals surface area contributed by atoms with E-state index in [0.717, 1.165) is 28.5 Å². The zero-order chi connectivity index (χ0) is 16.0. The first kappa shape index (κ1) is 15.0. The molecule has 0 saturated heterocycles. The minimum Gasteiger partial charge on any atom is -0.244 e. The second-order valence-electron chi connectivity index (χ2n) is 8.01. The summed E-state index contributed by atoms with van der Waals surface area (Å²) < 4.78 is 0. The molecular formula is C20H24N2. The SMILES string of the molecule is CC(C)(C)CC(C)(C)c1cccc2nc3ccccc3nc12. The van der Waals surface area contributed by atoms with Gasteiger partial charge in [-0.1, -0.05) is 58.9 Å². The maximum Gasteiger partial charge on any atom is 0.0931 e. The molecule has 0 aliphatic heterocycles. The van der Waals surface area contributed by atoms with Crippen LogP contribution in [0.3, 0.4) is 0 Å². The van der Waals surface area contributed by atoms with E-state index in [1.807, 2.05) is 24.3 Å². The van der Waals surface area contributed by atoms with Gasteiger partial charge in [0.05, 0.1) is 22.1 Å². The molecular weight excluding hydrogens is 268 g/mol. The lowest BCUT2D eigenvalue weighted by Gasteiger charge is -2.33. The Kier molecular flexibility index (Phi) is 3.43. The van der Waals surface area contributed by atoms with Gasteiger partial charge in [0.1, 0.15) is 0 Å². The minimum absolute atomic E-state index is 0.0644. The molecule has 0 saturated carbocycles. The summed E-state index contributed by atoms with van der Waals surface area (Å²) in [6.07, 6.45) is 1.10. The Bertz CT molecular complexity index is 826. The van der Waals surface area contributed by atoms with E-state index in [-0.39, 0.29) is 10.8 Å². The Labute approximate surface area is 132 Å². The molecule has 0 atom stereocenters. The highest BCUT2D eigenvalue weighted by atomic mass is 14.8. The van der Waals surface area contributed by atoms with Crippen molar-refractivity contribution in [2.75, 3.05) is 0 Å². The van der Waals surface area contributed by atoms with Crippen molar-refractivity contribution < 1.29 is 0 Å². The van der Waals surface area contributed by atoms with Crippen LogP contribution in [-0.2, 0) is 5.41 Å². The lowest BCUT2D eigenvalue weighted by molar-refractivity contribution is 0.285. The van der Waals surface area contributed by atoms with Crippen LogP contribution in [0.15, 0.2) is 42.5 Å². The maximum atomic E-state index is 4.91. The average Bonchev–Trinajstić information content (AvgIpc) is 2.41. The zero-order valence-corrected chi connectivity index (χ0v) is 14.1. The van der Waals surface area contributed by atoms with Crippen molar-refractivity contribution in [1.82, 2.24) is 9.97 Å². The number of hydrogen-bond acceptors (Lipinski definition) is 2. The number of fused-ring (bicyclic) bond motifs is 2. The number of rotatable bonds is 2. The average molecular weight is 292 g/mol. The van der Waals surface area contributed by atoms with Crippen LogP contribution in [0, 0.1) is 5.41 Å². The summed E-state index contributed by atoms with van der Waals surface area (Å²) in [6.45, 7) is 11.5. The van der Waals surface area contributed by atoms with Gasteiger partial charge in [0.25, 0.3) is 0 Å². The van der Waals surface area contributed by atoms with Crippen LogP contribution >= 0.6 is 0 Å². The molecule has 0 spiro atoms. The third-order valence-electron chi connectivity index (χ3n) is 4.07. The van der Waals surface area contributed by atoms with Gasteiger partial charge in [-0.15, -0.1) is 0 Å². The van der Waals surface area contributed by atoms with Crippen LogP contribution < -0.4 is 0 Å². The highest BCUT2D eigenvalue weighted by Crippen LogP contribution is 2.38. The first-order valence-corrected chi connectivity index (χ1v) is 7.92. The third-order valence-corrected chi connectivity index (χ3v) is 4.07. The molecule has 0 aliphatic carbocycles. The van der Waals surface area contributed by atoms with Gasteiger partial charge < -0.3 is 0 Å². The molecule has 2 heteroatoms. The second-order valence-corrected chi connectivity index (χ2v) is 8.01. The topological polar surface area (TPSA) is 25.8 Å². The van der Waals surface area contributed by atoms with Crippen molar-refractivity contribution in [2.24, 2.45) is 5.41 Å². The van der Waals surface area contributed by atoms with Gasteiger partial charge in [-0.25, -0.2) is 9.97 Å². The molecule has 1 aromatic heterocycles. The van der Waals surface area contributed by atoms with Crippen LogP contribution in [0.5, 0.6) is 0 Å². The van der Waals surface area contributed by atoms with Crippen LogP contribution in [0.25, 0.3) is 22.1 Å². The van der Waals surface area contributed by atoms with Gasteiger partial charge in [-0.05, 0) is 41.0 Å². The molecule has 1 heterocycles. The van der Waals surface area contributed by atoms with Crippen molar-refractivity contribution in [1.29, 1.82) is 0 Å². The smallest absolute Gasteiger partial charge is 0.0931 e. The molecule has 0 fully saturated rings. The molecule has 0 radical (unpaired) electrons. The molecule has 3 rings (SSSR count). The Morgan fingerprint density at radius 1 is 0.727 bits per heavy atom. The molecule has 2 nitrogen and oxygen atoms in total. The van der Waals surface area contributed by atoms with Gasteiger partial charge in [-0.2, -0.15) is 0 Å². The van der Waals surface area contributed by atoms with E-state index in [4.69, 9.17) is 9.97 Å². The summed E-state index contributed by atoms with van der Waals surface area (Å²) in [5, 5.41) is 0. The number of nitrogens with zero attached hydrogens (tertiary/aromatic N) is 2. The number of aromatic nitrogens is 2. The first-order valence-electron chi connectivity index (χ1n) is 7.92. The van der Waals surface area contributed by atoms with E-state index >= 15 is 0 Å². The van der Waals surface area contributed by atoms with E-state index in [9.17, 15) is 0 Å².